The van der Waals surface area contributed by atoms with Gasteiger partial charge < -0.3 is 11.1 Å². The molecule has 1 aromatic rings. The van der Waals surface area contributed by atoms with Crippen LogP contribution < -0.4 is 11.1 Å². The summed E-state index contributed by atoms with van der Waals surface area (Å²) in [5, 5.41) is 2.98. The van der Waals surface area contributed by atoms with Gasteiger partial charge in [0.25, 0.3) is 0 Å². The Morgan fingerprint density at radius 3 is 2.65 bits per heavy atom. The van der Waals surface area contributed by atoms with Gasteiger partial charge in [0.1, 0.15) is 0 Å². The van der Waals surface area contributed by atoms with E-state index in [2.05, 4.69) is 5.32 Å². The second kappa shape index (κ2) is 4.40. The molecule has 92 valence electrons. The number of benzene rings is 1. The molecule has 0 bridgehead atoms. The molecule has 17 heavy (non-hydrogen) atoms. The third-order valence-corrected chi connectivity index (χ3v) is 3.76. The van der Waals surface area contributed by atoms with Crippen LogP contribution in [0.25, 0.3) is 0 Å². The summed E-state index contributed by atoms with van der Waals surface area (Å²) < 4.78 is 0. The van der Waals surface area contributed by atoms with Crippen molar-refractivity contribution in [3.63, 3.8) is 0 Å². The molecule has 0 heterocycles. The molecule has 1 amide bonds. The summed E-state index contributed by atoms with van der Waals surface area (Å²) in [6.07, 6.45) is 2.35. The van der Waals surface area contributed by atoms with Crippen molar-refractivity contribution in [2.75, 3.05) is 11.1 Å². The van der Waals surface area contributed by atoms with E-state index in [0.29, 0.717) is 11.6 Å². The van der Waals surface area contributed by atoms with Crippen LogP contribution in [0.5, 0.6) is 0 Å². The van der Waals surface area contributed by atoms with Crippen molar-refractivity contribution >= 4 is 17.3 Å². The van der Waals surface area contributed by atoms with Crippen molar-refractivity contribution in [1.29, 1.82) is 0 Å². The lowest BCUT2D eigenvalue weighted by molar-refractivity contribution is -0.119. The van der Waals surface area contributed by atoms with Crippen molar-refractivity contribution in [2.24, 2.45) is 11.8 Å². The van der Waals surface area contributed by atoms with Crippen LogP contribution in [0.15, 0.2) is 12.1 Å². The Morgan fingerprint density at radius 2 is 2.06 bits per heavy atom. The highest BCUT2D eigenvalue weighted by Crippen LogP contribution is 2.37. The number of carbonyl (C=O) groups excluding carboxylic acids is 1. The van der Waals surface area contributed by atoms with Gasteiger partial charge in [-0.05, 0) is 49.8 Å². The van der Waals surface area contributed by atoms with E-state index in [9.17, 15) is 4.79 Å². The molecule has 0 radical (unpaired) electrons. The van der Waals surface area contributed by atoms with E-state index in [1.165, 1.54) is 12.8 Å². The summed E-state index contributed by atoms with van der Waals surface area (Å²) in [7, 11) is 0. The molecule has 0 aliphatic heterocycles. The lowest BCUT2D eigenvalue weighted by Gasteiger charge is -2.16. The minimum absolute atomic E-state index is 0.0906. The van der Waals surface area contributed by atoms with Gasteiger partial charge in [-0.15, -0.1) is 0 Å². The first-order chi connectivity index (χ1) is 8.00. The highest BCUT2D eigenvalue weighted by Gasteiger charge is 2.32. The number of rotatable bonds is 3. The number of carbonyl (C=O) groups is 1. The average Bonchev–Trinajstić information content (AvgIpc) is 3.12. The van der Waals surface area contributed by atoms with Crippen LogP contribution in [0.1, 0.15) is 30.9 Å². The van der Waals surface area contributed by atoms with E-state index in [4.69, 9.17) is 5.73 Å². The van der Waals surface area contributed by atoms with Crippen LogP contribution in [0.3, 0.4) is 0 Å². The first-order valence-corrected chi connectivity index (χ1v) is 6.17. The lowest BCUT2D eigenvalue weighted by Crippen LogP contribution is -2.23. The van der Waals surface area contributed by atoms with Crippen molar-refractivity contribution in [1.82, 2.24) is 0 Å². The highest BCUT2D eigenvalue weighted by atomic mass is 16.1. The summed E-state index contributed by atoms with van der Waals surface area (Å²) in [6.45, 7) is 6.01. The van der Waals surface area contributed by atoms with Gasteiger partial charge in [-0.1, -0.05) is 13.0 Å². The largest absolute Gasteiger partial charge is 0.397 e. The molecule has 0 saturated heterocycles. The van der Waals surface area contributed by atoms with Crippen molar-refractivity contribution in [2.45, 2.75) is 33.6 Å². The van der Waals surface area contributed by atoms with Crippen molar-refractivity contribution in [3.05, 3.63) is 23.3 Å². The Labute approximate surface area is 102 Å². The molecule has 1 fully saturated rings. The normalized spacial score (nSPS) is 16.6. The predicted octanol–water partition coefficient (Wildman–Crippen LogP) is 2.87. The fourth-order valence-corrected chi connectivity index (χ4v) is 2.05. The van der Waals surface area contributed by atoms with E-state index in [1.54, 1.807) is 0 Å². The monoisotopic (exact) mass is 232 g/mol. The first-order valence-electron chi connectivity index (χ1n) is 6.17. The zero-order chi connectivity index (χ0) is 12.6. The number of nitrogen functional groups attached to an aromatic ring is 1. The number of aryl methyl sites for hydroxylation is 1. The molecule has 0 aromatic heterocycles. The van der Waals surface area contributed by atoms with Gasteiger partial charge >= 0.3 is 0 Å². The zero-order valence-electron chi connectivity index (χ0n) is 10.7. The molecule has 1 aliphatic rings. The molecule has 1 aromatic carbocycles. The smallest absolute Gasteiger partial charge is 0.227 e. The number of nitrogens with one attached hydrogen (secondary N) is 1. The minimum atomic E-state index is 0.0906. The molecule has 3 heteroatoms. The Morgan fingerprint density at radius 1 is 1.41 bits per heavy atom. The van der Waals surface area contributed by atoms with Crippen LogP contribution in [0, 0.1) is 25.7 Å². The van der Waals surface area contributed by atoms with Gasteiger partial charge in [-0.25, -0.2) is 0 Å². The molecule has 3 nitrogen and oxygen atoms in total. The molecule has 0 spiro atoms. The molecule has 1 atom stereocenters. The van der Waals surface area contributed by atoms with E-state index in [1.807, 2.05) is 32.9 Å². The quantitative estimate of drug-likeness (QED) is 0.787. The van der Waals surface area contributed by atoms with Crippen LogP contribution in [-0.4, -0.2) is 5.91 Å². The predicted molar refractivity (Wildman–Crippen MR) is 70.8 cm³/mol. The zero-order valence-corrected chi connectivity index (χ0v) is 10.7. The Bertz CT molecular complexity index is 450. The van der Waals surface area contributed by atoms with E-state index >= 15 is 0 Å². The molecular formula is C14H20N2O. The minimum Gasteiger partial charge on any atom is -0.397 e. The van der Waals surface area contributed by atoms with Gasteiger partial charge in [0.2, 0.25) is 5.91 Å². The summed E-state index contributed by atoms with van der Waals surface area (Å²) in [6, 6.07) is 3.82. The van der Waals surface area contributed by atoms with Gasteiger partial charge in [-0.2, -0.15) is 0 Å². The van der Waals surface area contributed by atoms with Crippen LogP contribution in [0.4, 0.5) is 11.4 Å². The Kier molecular flexibility index (Phi) is 3.09. The number of amides is 1. The van der Waals surface area contributed by atoms with Gasteiger partial charge in [0.05, 0.1) is 11.4 Å². The van der Waals surface area contributed by atoms with Gasteiger partial charge in [0, 0.05) is 5.92 Å². The first kappa shape index (κ1) is 12.0. The van der Waals surface area contributed by atoms with Crippen molar-refractivity contribution < 1.29 is 4.79 Å². The second-order valence-electron chi connectivity index (χ2n) is 5.09. The Balaban J connectivity index is 2.17. The third kappa shape index (κ3) is 2.43. The lowest BCUT2D eigenvalue weighted by atomic mass is 10.0. The molecule has 1 saturated carbocycles. The summed E-state index contributed by atoms with van der Waals surface area (Å²) in [5.74, 6) is 0.753. The standard InChI is InChI=1S/C14H20N2O/c1-8-4-7-12(15)13(9(8)2)16-14(17)10(3)11-5-6-11/h4,7,10-11H,5-6,15H2,1-3H3,(H,16,17). The summed E-state index contributed by atoms with van der Waals surface area (Å²) in [4.78, 5) is 12.0. The van der Waals surface area contributed by atoms with Gasteiger partial charge in [0.15, 0.2) is 0 Å². The third-order valence-electron chi connectivity index (χ3n) is 3.76. The topological polar surface area (TPSA) is 55.1 Å². The number of anilines is 2. The number of hydrogen-bond acceptors (Lipinski definition) is 2. The van der Waals surface area contributed by atoms with Crippen LogP contribution in [0.2, 0.25) is 0 Å². The number of hydrogen-bond donors (Lipinski definition) is 2. The average molecular weight is 232 g/mol. The van der Waals surface area contributed by atoms with E-state index < -0.39 is 0 Å². The van der Waals surface area contributed by atoms with Crippen LogP contribution in [-0.2, 0) is 4.79 Å². The second-order valence-corrected chi connectivity index (χ2v) is 5.09. The molecule has 2 rings (SSSR count). The van der Waals surface area contributed by atoms with E-state index in [-0.39, 0.29) is 11.8 Å². The molecule has 1 aliphatic carbocycles. The SMILES string of the molecule is Cc1ccc(N)c(NC(=O)C(C)C2CC2)c1C. The van der Waals surface area contributed by atoms with Gasteiger partial charge in [-0.3, -0.25) is 4.79 Å². The van der Waals surface area contributed by atoms with Crippen molar-refractivity contribution in [3.8, 4) is 0 Å². The maximum atomic E-state index is 12.0. The number of nitrogens with two attached hydrogens (primary N) is 1. The maximum absolute atomic E-state index is 12.0. The molecular weight excluding hydrogens is 212 g/mol. The summed E-state index contributed by atoms with van der Waals surface area (Å²) >= 11 is 0. The van der Waals surface area contributed by atoms with E-state index in [0.717, 1.165) is 16.8 Å². The van der Waals surface area contributed by atoms with Crippen LogP contribution >= 0.6 is 0 Å². The summed E-state index contributed by atoms with van der Waals surface area (Å²) in [5.41, 5.74) is 9.54. The highest BCUT2D eigenvalue weighted by molar-refractivity contribution is 5.96. The fourth-order valence-electron chi connectivity index (χ4n) is 2.05. The molecule has 1 unspecified atom stereocenters. The maximum Gasteiger partial charge on any atom is 0.227 e. The fraction of sp³-hybridized carbons (Fsp3) is 0.500. The Hall–Kier alpha value is -1.51. The molecule has 3 N–H and O–H groups in total.